The summed E-state index contributed by atoms with van der Waals surface area (Å²) in [5.41, 5.74) is 8.09. The number of rotatable bonds is 3. The molecule has 0 saturated heterocycles. The van der Waals surface area contributed by atoms with Crippen molar-refractivity contribution in [3.63, 3.8) is 0 Å². The Morgan fingerprint density at radius 2 is 1.56 bits per heavy atom. The van der Waals surface area contributed by atoms with Crippen LogP contribution in [0, 0.1) is 12.3 Å². The second-order valence-electron chi connectivity index (χ2n) is 14.0. The van der Waals surface area contributed by atoms with Crippen LogP contribution < -0.4 is 0 Å². The normalized spacial score (nSPS) is 18.3. The predicted molar refractivity (Wildman–Crippen MR) is 178 cm³/mol. The van der Waals surface area contributed by atoms with Gasteiger partial charge in [0.2, 0.25) is 0 Å². The topological polar surface area (TPSA) is 12.9 Å². The van der Waals surface area contributed by atoms with Gasteiger partial charge in [0, 0.05) is 16.6 Å². The van der Waals surface area contributed by atoms with Gasteiger partial charge in [0.05, 0.1) is 11.8 Å². The third kappa shape index (κ3) is 4.93. The van der Waals surface area contributed by atoms with Crippen LogP contribution in [0.3, 0.4) is 0 Å². The van der Waals surface area contributed by atoms with E-state index in [2.05, 4.69) is 88.4 Å². The maximum absolute atomic E-state index is 8.62. The highest BCUT2D eigenvalue weighted by Crippen LogP contribution is 2.51. The molecule has 1 nitrogen and oxygen atoms in total. The summed E-state index contributed by atoms with van der Waals surface area (Å²) < 4.78 is 9.81. The fourth-order valence-electron chi connectivity index (χ4n) is 7.90. The van der Waals surface area contributed by atoms with Crippen LogP contribution in [0.25, 0.3) is 42.6 Å². The van der Waals surface area contributed by atoms with Crippen molar-refractivity contribution in [2.24, 2.45) is 5.41 Å². The largest absolute Gasteiger partial charge is 0.255 e. The number of benzene rings is 3. The number of nitrogens with zero attached hydrogens (tertiary/aromatic N) is 1. The average Bonchev–Trinajstić information content (AvgIpc) is 3.32. The molecule has 2 aliphatic carbocycles. The zero-order valence-electron chi connectivity index (χ0n) is 26.1. The first-order valence-electron chi connectivity index (χ1n) is 16.3. The van der Waals surface area contributed by atoms with Crippen molar-refractivity contribution in [1.82, 2.24) is 4.98 Å². The van der Waals surface area contributed by atoms with Crippen LogP contribution in [0.4, 0.5) is 0 Å². The summed E-state index contributed by atoms with van der Waals surface area (Å²) in [6.45, 7) is 9.06. The lowest BCUT2D eigenvalue weighted by atomic mass is 9.62. The van der Waals surface area contributed by atoms with Crippen molar-refractivity contribution in [3.05, 3.63) is 89.6 Å². The Hall–Kier alpha value is -2.97. The van der Waals surface area contributed by atoms with Gasteiger partial charge in [-0.25, -0.2) is 0 Å². The molecule has 1 spiro atoms. The maximum atomic E-state index is 8.62. The summed E-state index contributed by atoms with van der Waals surface area (Å²) in [6, 6.07) is 24.7. The molecule has 0 aliphatic heterocycles. The molecular formula is C39H43NS. The van der Waals surface area contributed by atoms with E-state index < -0.39 is 0 Å². The summed E-state index contributed by atoms with van der Waals surface area (Å²) in [7, 11) is 0. The Morgan fingerprint density at radius 1 is 0.829 bits per heavy atom. The first kappa shape index (κ1) is 25.7. The van der Waals surface area contributed by atoms with Crippen molar-refractivity contribution in [3.8, 4) is 21.7 Å². The fourth-order valence-corrected chi connectivity index (χ4v) is 9.20. The van der Waals surface area contributed by atoms with Crippen molar-refractivity contribution < 1.29 is 1.37 Å². The molecule has 0 amide bonds. The number of fused-ring (bicyclic) bond motifs is 2. The number of thiophene rings is 1. The minimum Gasteiger partial charge on any atom is -0.255 e. The molecule has 41 heavy (non-hydrogen) atoms. The molecule has 2 saturated carbocycles. The first-order valence-corrected chi connectivity index (χ1v) is 16.6. The molecule has 7 rings (SSSR count). The van der Waals surface area contributed by atoms with Gasteiger partial charge >= 0.3 is 0 Å². The molecule has 0 unspecified atom stereocenters. The number of aromatic nitrogens is 1. The minimum atomic E-state index is 0.000890. The number of aryl methyl sites for hydroxylation is 1. The molecule has 0 N–H and O–H groups in total. The monoisotopic (exact) mass is 558 g/mol. The van der Waals surface area contributed by atoms with E-state index >= 15 is 0 Å². The lowest BCUT2D eigenvalue weighted by Crippen LogP contribution is -2.29. The Kier molecular flexibility index (Phi) is 6.52. The van der Waals surface area contributed by atoms with E-state index in [9.17, 15) is 0 Å². The van der Waals surface area contributed by atoms with Gasteiger partial charge in [-0.1, -0.05) is 88.6 Å². The van der Waals surface area contributed by atoms with Gasteiger partial charge in [0.1, 0.15) is 0 Å². The van der Waals surface area contributed by atoms with E-state index in [1.54, 1.807) is 0 Å². The highest BCUT2D eigenvalue weighted by molar-refractivity contribution is 7.23. The van der Waals surface area contributed by atoms with Gasteiger partial charge < -0.3 is 0 Å². The zero-order chi connectivity index (χ0) is 29.1. The maximum Gasteiger partial charge on any atom is 0.0880 e. The minimum absolute atomic E-state index is 0.000890. The highest BCUT2D eigenvalue weighted by atomic mass is 32.1. The number of hydrogen-bond acceptors (Lipinski definition) is 2. The molecule has 2 aliphatic rings. The first-order chi connectivity index (χ1) is 20.2. The summed E-state index contributed by atoms with van der Waals surface area (Å²) in [6.07, 6.45) is 13.2. The Labute approximate surface area is 251 Å². The van der Waals surface area contributed by atoms with Gasteiger partial charge in [0.25, 0.3) is 0 Å². The highest BCUT2D eigenvalue weighted by Gasteiger charge is 2.36. The molecule has 0 radical (unpaired) electrons. The third-order valence-corrected chi connectivity index (χ3v) is 11.7. The van der Waals surface area contributed by atoms with Crippen LogP contribution in [-0.2, 0) is 5.41 Å². The van der Waals surface area contributed by atoms with Crippen LogP contribution in [0.5, 0.6) is 0 Å². The standard InChI is InChI=1S/C39H43NS/c1-26-32-18-23-40-35(31-24-30-10-6-7-11-33(30)34(25-31)38(2,3)4)37(32)41-36(26)29-14-12-27(13-15-29)28-16-21-39(22-17-28)19-8-5-9-20-39/h6-7,10-15,18,23-25,28H,5,8-9,16-17,19-22H2,1-4H3/i23D. The summed E-state index contributed by atoms with van der Waals surface area (Å²) in [4.78, 5) is 6.14. The lowest BCUT2D eigenvalue weighted by molar-refractivity contribution is 0.114. The van der Waals surface area contributed by atoms with E-state index in [1.165, 1.54) is 100 Å². The molecule has 5 aromatic rings. The second-order valence-corrected chi connectivity index (χ2v) is 15.0. The Bertz CT molecular complexity index is 1760. The van der Waals surface area contributed by atoms with Crippen LogP contribution in [0.15, 0.2) is 72.9 Å². The Balaban J connectivity index is 1.24. The fraction of sp³-hybridized carbons (Fsp3) is 0.410. The summed E-state index contributed by atoms with van der Waals surface area (Å²) >= 11 is 1.84. The van der Waals surface area contributed by atoms with Gasteiger partial charge in [-0.15, -0.1) is 11.3 Å². The summed E-state index contributed by atoms with van der Waals surface area (Å²) in [5, 5.41) is 3.68. The number of hydrogen-bond donors (Lipinski definition) is 0. The van der Waals surface area contributed by atoms with E-state index in [0.29, 0.717) is 17.5 Å². The predicted octanol–water partition coefficient (Wildman–Crippen LogP) is 12.0. The van der Waals surface area contributed by atoms with Gasteiger partial charge in [-0.05, 0) is 119 Å². The van der Waals surface area contributed by atoms with E-state index in [0.717, 1.165) is 16.6 Å². The zero-order valence-corrected chi connectivity index (χ0v) is 26.0. The van der Waals surface area contributed by atoms with Crippen molar-refractivity contribution >= 4 is 32.2 Å². The Morgan fingerprint density at radius 3 is 2.29 bits per heavy atom. The number of pyridine rings is 1. The average molecular weight is 559 g/mol. The third-order valence-electron chi connectivity index (χ3n) is 10.3. The second kappa shape index (κ2) is 10.4. The van der Waals surface area contributed by atoms with Gasteiger partial charge in [-0.3, -0.25) is 4.98 Å². The van der Waals surface area contributed by atoms with Crippen LogP contribution in [0.2, 0.25) is 0 Å². The van der Waals surface area contributed by atoms with Gasteiger partial charge in [-0.2, -0.15) is 0 Å². The van der Waals surface area contributed by atoms with Crippen LogP contribution in [-0.4, -0.2) is 4.98 Å². The van der Waals surface area contributed by atoms with Crippen LogP contribution in [0.1, 0.15) is 103 Å². The van der Waals surface area contributed by atoms with Crippen molar-refractivity contribution in [2.45, 2.75) is 96.8 Å². The van der Waals surface area contributed by atoms with E-state index in [4.69, 9.17) is 6.35 Å². The van der Waals surface area contributed by atoms with E-state index in [1.807, 2.05) is 17.4 Å². The molecule has 2 aromatic heterocycles. The molecular weight excluding hydrogens is 515 g/mol. The van der Waals surface area contributed by atoms with Crippen LogP contribution >= 0.6 is 11.3 Å². The lowest BCUT2D eigenvalue weighted by Gasteiger charge is -2.43. The van der Waals surface area contributed by atoms with Gasteiger partial charge in [0.15, 0.2) is 0 Å². The molecule has 0 bridgehead atoms. The van der Waals surface area contributed by atoms with E-state index in [-0.39, 0.29) is 5.41 Å². The van der Waals surface area contributed by atoms with Crippen molar-refractivity contribution in [2.75, 3.05) is 0 Å². The molecule has 2 heterocycles. The molecule has 2 heteroatoms. The SMILES string of the molecule is [2H]c1cc2c(C)c(-c3ccc(C4CCC5(CCCCC5)CC4)cc3)sc2c(-c2cc(C(C)(C)C)c3ccccc3c2)n1. The molecule has 2 fully saturated rings. The molecule has 3 aromatic carbocycles. The molecule has 210 valence electrons. The van der Waals surface area contributed by atoms with Crippen molar-refractivity contribution in [1.29, 1.82) is 0 Å². The smallest absolute Gasteiger partial charge is 0.0880 e. The molecule has 0 atom stereocenters. The quantitative estimate of drug-likeness (QED) is 0.215. The summed E-state index contributed by atoms with van der Waals surface area (Å²) in [5.74, 6) is 0.710.